The van der Waals surface area contributed by atoms with E-state index in [4.69, 9.17) is 9.88 Å². The van der Waals surface area contributed by atoms with Crippen LogP contribution in [0.1, 0.15) is 12.8 Å². The van der Waals surface area contributed by atoms with Crippen molar-refractivity contribution in [2.45, 2.75) is 23.8 Å². The van der Waals surface area contributed by atoms with Crippen LogP contribution in [-0.2, 0) is 10.0 Å². The van der Waals surface area contributed by atoms with Crippen molar-refractivity contribution in [3.63, 3.8) is 0 Å². The van der Waals surface area contributed by atoms with Crippen molar-refractivity contribution in [1.29, 1.82) is 0 Å². The maximum Gasteiger partial charge on any atom is 0.330 e. The zero-order valence-electron chi connectivity index (χ0n) is 8.57. The van der Waals surface area contributed by atoms with E-state index in [0.717, 1.165) is 25.2 Å². The van der Waals surface area contributed by atoms with Gasteiger partial charge in [-0.1, -0.05) is 0 Å². The fraction of sp³-hybridized carbons (Fsp3) is 0.375. The Balaban J connectivity index is 2.57. The molecule has 17 heavy (non-hydrogen) atoms. The summed E-state index contributed by atoms with van der Waals surface area (Å²) < 4.78 is 27.8. The molecule has 0 amide bonds. The fourth-order valence-corrected chi connectivity index (χ4v) is 1.84. The molecule has 1 aliphatic rings. The van der Waals surface area contributed by atoms with E-state index in [1.807, 2.05) is 0 Å². The standard InChI is InChI=1S/C8H9N3O5S/c9-17(14,15)7-4-10-3-6(11(12)13)8(7)16-5-1-2-5/h3-5H,1-2H2,(H2,9,14,15). The lowest BCUT2D eigenvalue weighted by molar-refractivity contribution is -0.386. The molecule has 1 aromatic heterocycles. The van der Waals surface area contributed by atoms with Gasteiger partial charge in [0.25, 0.3) is 0 Å². The van der Waals surface area contributed by atoms with Crippen molar-refractivity contribution < 1.29 is 18.1 Å². The first kappa shape index (κ1) is 11.7. The Labute approximate surface area is 96.6 Å². The molecule has 1 fully saturated rings. The third-order valence-corrected chi connectivity index (χ3v) is 3.06. The van der Waals surface area contributed by atoms with Crippen molar-refractivity contribution in [1.82, 2.24) is 4.98 Å². The molecular weight excluding hydrogens is 250 g/mol. The van der Waals surface area contributed by atoms with Crippen LogP contribution in [0.25, 0.3) is 0 Å². The molecule has 9 heteroatoms. The van der Waals surface area contributed by atoms with Crippen LogP contribution in [0.3, 0.4) is 0 Å². The lowest BCUT2D eigenvalue weighted by Crippen LogP contribution is -2.15. The van der Waals surface area contributed by atoms with Crippen LogP contribution in [0.5, 0.6) is 5.75 Å². The predicted octanol–water partition coefficient (Wildman–Crippen LogP) is 0.178. The molecule has 2 rings (SSSR count). The molecule has 0 bridgehead atoms. The number of primary sulfonamides is 1. The van der Waals surface area contributed by atoms with E-state index in [1.165, 1.54) is 0 Å². The van der Waals surface area contributed by atoms with Gasteiger partial charge in [-0.05, 0) is 12.8 Å². The summed E-state index contributed by atoms with van der Waals surface area (Å²) in [6.45, 7) is 0. The second-order valence-corrected chi connectivity index (χ2v) is 5.14. The van der Waals surface area contributed by atoms with Crippen molar-refractivity contribution >= 4 is 15.7 Å². The van der Waals surface area contributed by atoms with Crippen LogP contribution in [0.4, 0.5) is 5.69 Å². The van der Waals surface area contributed by atoms with Crippen molar-refractivity contribution in [2.24, 2.45) is 5.14 Å². The molecule has 0 aromatic carbocycles. The Hall–Kier alpha value is -1.74. The van der Waals surface area contributed by atoms with E-state index in [2.05, 4.69) is 4.98 Å². The number of pyridine rings is 1. The predicted molar refractivity (Wildman–Crippen MR) is 55.9 cm³/mol. The Morgan fingerprint density at radius 3 is 2.59 bits per heavy atom. The van der Waals surface area contributed by atoms with E-state index in [1.54, 1.807) is 0 Å². The average Bonchev–Trinajstić information content (AvgIpc) is 3.00. The lowest BCUT2D eigenvalue weighted by Gasteiger charge is -2.08. The van der Waals surface area contributed by atoms with Crippen LogP contribution >= 0.6 is 0 Å². The van der Waals surface area contributed by atoms with Gasteiger partial charge in [-0.15, -0.1) is 0 Å². The first-order valence-corrected chi connectivity index (χ1v) is 6.26. The molecule has 0 atom stereocenters. The van der Waals surface area contributed by atoms with Gasteiger partial charge >= 0.3 is 5.69 Å². The quantitative estimate of drug-likeness (QED) is 0.607. The number of rotatable bonds is 4. The van der Waals surface area contributed by atoms with E-state index in [9.17, 15) is 18.5 Å². The maximum atomic E-state index is 11.3. The molecule has 0 unspecified atom stereocenters. The van der Waals surface area contributed by atoms with Crippen LogP contribution in [0, 0.1) is 10.1 Å². The summed E-state index contributed by atoms with van der Waals surface area (Å²) >= 11 is 0. The molecular formula is C8H9N3O5S. The summed E-state index contributed by atoms with van der Waals surface area (Å²) in [5, 5.41) is 15.7. The zero-order valence-corrected chi connectivity index (χ0v) is 9.38. The van der Waals surface area contributed by atoms with Gasteiger partial charge in [-0.3, -0.25) is 15.1 Å². The lowest BCUT2D eigenvalue weighted by atomic mass is 10.4. The first-order chi connectivity index (χ1) is 7.89. The minimum absolute atomic E-state index is 0.184. The average molecular weight is 259 g/mol. The van der Waals surface area contributed by atoms with Crippen LogP contribution < -0.4 is 9.88 Å². The van der Waals surface area contributed by atoms with Gasteiger partial charge in [0, 0.05) is 0 Å². The summed E-state index contributed by atoms with van der Waals surface area (Å²) in [4.78, 5) is 13.0. The highest BCUT2D eigenvalue weighted by atomic mass is 32.2. The number of nitrogens with two attached hydrogens (primary N) is 1. The fourth-order valence-electron chi connectivity index (χ4n) is 1.22. The number of hydrogen-bond donors (Lipinski definition) is 1. The molecule has 1 heterocycles. The number of nitro groups is 1. The largest absolute Gasteiger partial charge is 0.482 e. The second kappa shape index (κ2) is 3.93. The minimum Gasteiger partial charge on any atom is -0.482 e. The minimum atomic E-state index is -4.10. The summed E-state index contributed by atoms with van der Waals surface area (Å²) in [5.41, 5.74) is -0.497. The molecule has 92 valence electrons. The van der Waals surface area contributed by atoms with Gasteiger partial charge in [0.2, 0.25) is 15.8 Å². The summed E-state index contributed by atoms with van der Waals surface area (Å²) in [6, 6.07) is 0. The molecule has 0 aliphatic heterocycles. The smallest absolute Gasteiger partial charge is 0.330 e. The molecule has 1 aromatic rings. The maximum absolute atomic E-state index is 11.3. The number of hydrogen-bond acceptors (Lipinski definition) is 6. The number of sulfonamides is 1. The number of ether oxygens (including phenoxy) is 1. The molecule has 0 saturated heterocycles. The van der Waals surface area contributed by atoms with E-state index >= 15 is 0 Å². The van der Waals surface area contributed by atoms with E-state index < -0.39 is 25.5 Å². The highest BCUT2D eigenvalue weighted by Crippen LogP contribution is 2.37. The Kier molecular flexibility index (Phi) is 2.71. The third-order valence-electron chi connectivity index (χ3n) is 2.16. The molecule has 1 saturated carbocycles. The molecule has 0 radical (unpaired) electrons. The Morgan fingerprint density at radius 2 is 2.12 bits per heavy atom. The third kappa shape index (κ3) is 2.50. The van der Waals surface area contributed by atoms with E-state index in [-0.39, 0.29) is 11.9 Å². The monoisotopic (exact) mass is 259 g/mol. The summed E-state index contributed by atoms with van der Waals surface area (Å²) in [7, 11) is -4.10. The topological polar surface area (TPSA) is 125 Å². The Morgan fingerprint density at radius 1 is 1.47 bits per heavy atom. The molecule has 2 N–H and O–H groups in total. The summed E-state index contributed by atoms with van der Waals surface area (Å²) in [6.07, 6.45) is 3.18. The highest BCUT2D eigenvalue weighted by Gasteiger charge is 2.32. The van der Waals surface area contributed by atoms with Gasteiger partial charge in [-0.25, -0.2) is 13.6 Å². The van der Waals surface area contributed by atoms with Crippen LogP contribution in [0.15, 0.2) is 17.3 Å². The van der Waals surface area contributed by atoms with Crippen molar-refractivity contribution in [3.05, 3.63) is 22.5 Å². The van der Waals surface area contributed by atoms with Gasteiger partial charge in [0.15, 0.2) is 0 Å². The normalized spacial score (nSPS) is 15.6. The van der Waals surface area contributed by atoms with Gasteiger partial charge in [0.1, 0.15) is 11.1 Å². The Bertz CT molecular complexity index is 567. The van der Waals surface area contributed by atoms with Gasteiger partial charge < -0.3 is 4.74 Å². The summed E-state index contributed by atoms with van der Waals surface area (Å²) in [5.74, 6) is -0.324. The number of nitrogens with zero attached hydrogens (tertiary/aromatic N) is 2. The SMILES string of the molecule is NS(=O)(=O)c1cncc([N+](=O)[O-])c1OC1CC1. The van der Waals surface area contributed by atoms with Gasteiger partial charge in [0.05, 0.1) is 17.2 Å². The molecule has 0 spiro atoms. The number of aromatic nitrogens is 1. The molecule has 8 nitrogen and oxygen atoms in total. The van der Waals surface area contributed by atoms with Crippen molar-refractivity contribution in [2.75, 3.05) is 0 Å². The first-order valence-electron chi connectivity index (χ1n) is 4.71. The van der Waals surface area contributed by atoms with Gasteiger partial charge in [-0.2, -0.15) is 0 Å². The van der Waals surface area contributed by atoms with Crippen LogP contribution in [0.2, 0.25) is 0 Å². The van der Waals surface area contributed by atoms with Crippen LogP contribution in [-0.4, -0.2) is 24.4 Å². The zero-order chi connectivity index (χ0) is 12.6. The molecule has 1 aliphatic carbocycles. The van der Waals surface area contributed by atoms with Crippen molar-refractivity contribution in [3.8, 4) is 5.75 Å². The van der Waals surface area contributed by atoms with E-state index in [0.29, 0.717) is 0 Å². The highest BCUT2D eigenvalue weighted by molar-refractivity contribution is 7.89. The second-order valence-electron chi connectivity index (χ2n) is 3.61.